The molecule has 1 aliphatic rings. The number of benzene rings is 2. The summed E-state index contributed by atoms with van der Waals surface area (Å²) in [4.78, 5) is 14.6. The van der Waals surface area contributed by atoms with Crippen LogP contribution in [0.4, 0.5) is 5.69 Å². The molecule has 0 saturated carbocycles. The van der Waals surface area contributed by atoms with Gasteiger partial charge in [-0.25, -0.2) is 0 Å². The lowest BCUT2D eigenvalue weighted by Crippen LogP contribution is -2.31. The Morgan fingerprint density at radius 2 is 2.00 bits per heavy atom. The van der Waals surface area contributed by atoms with Gasteiger partial charge in [0.05, 0.1) is 18.2 Å². The van der Waals surface area contributed by atoms with Gasteiger partial charge in [-0.3, -0.25) is 4.79 Å². The second kappa shape index (κ2) is 9.05. The number of hydrogen-bond acceptors (Lipinski definition) is 3. The van der Waals surface area contributed by atoms with Crippen LogP contribution in [0.5, 0.6) is 5.75 Å². The number of unbranched alkanes of at least 4 members (excludes halogenated alkanes) is 1. The third kappa shape index (κ3) is 4.64. The maximum absolute atomic E-state index is 12.7. The van der Waals surface area contributed by atoms with Crippen molar-refractivity contribution < 1.29 is 9.53 Å². The molecule has 0 bridgehead atoms. The second-order valence-electron chi connectivity index (χ2n) is 6.58. The molecule has 0 aliphatic carbocycles. The number of carbonyl (C=O) groups is 1. The number of amides is 1. The van der Waals surface area contributed by atoms with E-state index >= 15 is 0 Å². The zero-order valence-electron chi connectivity index (χ0n) is 15.0. The van der Waals surface area contributed by atoms with Gasteiger partial charge in [0.2, 0.25) is 5.91 Å². The number of ether oxygens (including phenoxy) is 1. The van der Waals surface area contributed by atoms with Crippen molar-refractivity contribution in [2.45, 2.75) is 38.5 Å². The van der Waals surface area contributed by atoms with Crippen LogP contribution in [0, 0.1) is 11.3 Å². The first-order chi connectivity index (χ1) is 12.8. The van der Waals surface area contributed by atoms with Gasteiger partial charge in [-0.1, -0.05) is 24.3 Å². The quantitative estimate of drug-likeness (QED) is 0.723. The van der Waals surface area contributed by atoms with Gasteiger partial charge >= 0.3 is 0 Å². The molecule has 1 heterocycles. The topological polar surface area (TPSA) is 53.3 Å². The smallest absolute Gasteiger partial charge is 0.226 e. The Balaban J connectivity index is 1.46. The first kappa shape index (κ1) is 18.0. The molecule has 1 amide bonds. The van der Waals surface area contributed by atoms with Crippen molar-refractivity contribution in [2.24, 2.45) is 0 Å². The average molecular weight is 348 g/mol. The maximum Gasteiger partial charge on any atom is 0.226 e. The largest absolute Gasteiger partial charge is 0.494 e. The summed E-state index contributed by atoms with van der Waals surface area (Å²) in [5, 5.41) is 8.90. The molecule has 0 aromatic heterocycles. The fourth-order valence-electron chi connectivity index (χ4n) is 3.31. The Bertz CT molecular complexity index is 795. The molecule has 0 atom stereocenters. The summed E-state index contributed by atoms with van der Waals surface area (Å²) in [5.41, 5.74) is 2.95. The number of anilines is 1. The summed E-state index contributed by atoms with van der Waals surface area (Å²) in [5.74, 6) is 0.905. The maximum atomic E-state index is 12.7. The zero-order valence-corrected chi connectivity index (χ0v) is 15.0. The average Bonchev–Trinajstić information content (AvgIpc) is 2.90. The lowest BCUT2D eigenvalue weighted by atomic mass is 10.1. The first-order valence-electron chi connectivity index (χ1n) is 9.29. The summed E-state index contributed by atoms with van der Waals surface area (Å²) in [6, 6.07) is 17.5. The minimum atomic E-state index is 0.200. The van der Waals surface area contributed by atoms with Crippen LogP contribution in [0.2, 0.25) is 0 Å². The summed E-state index contributed by atoms with van der Waals surface area (Å²) in [6.07, 6.45) is 5.40. The SMILES string of the molecule is N#Cc1cccc(OCCCCC(=O)N2CCCCc3ccccc32)c1. The monoisotopic (exact) mass is 348 g/mol. The highest BCUT2D eigenvalue weighted by Crippen LogP contribution is 2.26. The Morgan fingerprint density at radius 1 is 1.12 bits per heavy atom. The number of rotatable bonds is 6. The van der Waals surface area contributed by atoms with Crippen molar-refractivity contribution in [1.29, 1.82) is 5.26 Å². The minimum absolute atomic E-state index is 0.200. The van der Waals surface area contributed by atoms with Crippen molar-refractivity contribution in [2.75, 3.05) is 18.1 Å². The normalized spacial score (nSPS) is 13.4. The van der Waals surface area contributed by atoms with E-state index in [1.807, 2.05) is 29.2 Å². The van der Waals surface area contributed by atoms with Crippen LogP contribution in [-0.2, 0) is 11.2 Å². The van der Waals surface area contributed by atoms with E-state index in [1.165, 1.54) is 5.56 Å². The molecule has 2 aromatic rings. The number of aryl methyl sites for hydroxylation is 1. The first-order valence-corrected chi connectivity index (χ1v) is 9.29. The van der Waals surface area contributed by atoms with Gasteiger partial charge in [0.15, 0.2) is 0 Å². The number of para-hydroxylation sites is 1. The Morgan fingerprint density at radius 3 is 2.88 bits per heavy atom. The van der Waals surface area contributed by atoms with Gasteiger partial charge in [0.1, 0.15) is 5.75 Å². The number of carbonyl (C=O) groups excluding carboxylic acids is 1. The van der Waals surface area contributed by atoms with Gasteiger partial charge in [0, 0.05) is 18.7 Å². The standard InChI is InChI=1S/C22H24N2O2/c23-17-18-8-7-11-20(16-18)26-15-6-4-13-22(25)24-14-5-3-10-19-9-1-2-12-21(19)24/h1-2,7-9,11-12,16H,3-6,10,13-15H2. The van der Waals surface area contributed by atoms with Crippen LogP contribution < -0.4 is 9.64 Å². The van der Waals surface area contributed by atoms with E-state index in [2.05, 4.69) is 18.2 Å². The Hall–Kier alpha value is -2.80. The van der Waals surface area contributed by atoms with E-state index < -0.39 is 0 Å². The van der Waals surface area contributed by atoms with Crippen LogP contribution >= 0.6 is 0 Å². The highest BCUT2D eigenvalue weighted by molar-refractivity contribution is 5.94. The van der Waals surface area contributed by atoms with Crippen LogP contribution in [0.15, 0.2) is 48.5 Å². The van der Waals surface area contributed by atoms with E-state index in [-0.39, 0.29) is 5.91 Å². The molecule has 4 nitrogen and oxygen atoms in total. The molecule has 0 unspecified atom stereocenters. The summed E-state index contributed by atoms with van der Waals surface area (Å²) in [6.45, 7) is 1.37. The fourth-order valence-corrected chi connectivity index (χ4v) is 3.31. The predicted molar refractivity (Wildman–Crippen MR) is 102 cm³/mol. The Labute approximate surface area is 155 Å². The lowest BCUT2D eigenvalue weighted by molar-refractivity contribution is -0.118. The predicted octanol–water partition coefficient (Wildman–Crippen LogP) is 4.48. The van der Waals surface area contributed by atoms with Gasteiger partial charge in [0.25, 0.3) is 0 Å². The highest BCUT2D eigenvalue weighted by atomic mass is 16.5. The highest BCUT2D eigenvalue weighted by Gasteiger charge is 2.20. The molecule has 0 N–H and O–H groups in total. The number of nitrogens with zero attached hydrogens (tertiary/aromatic N) is 2. The van der Waals surface area contributed by atoms with E-state index in [1.54, 1.807) is 12.1 Å². The van der Waals surface area contributed by atoms with E-state index in [0.29, 0.717) is 24.3 Å². The summed E-state index contributed by atoms with van der Waals surface area (Å²) >= 11 is 0. The van der Waals surface area contributed by atoms with Crippen molar-refractivity contribution in [3.05, 3.63) is 59.7 Å². The second-order valence-corrected chi connectivity index (χ2v) is 6.58. The molecule has 3 rings (SSSR count). The molecule has 1 aliphatic heterocycles. The van der Waals surface area contributed by atoms with E-state index in [9.17, 15) is 4.79 Å². The van der Waals surface area contributed by atoms with Crippen LogP contribution in [-0.4, -0.2) is 19.1 Å². The van der Waals surface area contributed by atoms with Gasteiger partial charge < -0.3 is 9.64 Å². The Kier molecular flexibility index (Phi) is 6.27. The molecule has 4 heteroatoms. The van der Waals surface area contributed by atoms with Crippen LogP contribution in [0.1, 0.15) is 43.2 Å². The number of hydrogen-bond donors (Lipinski definition) is 0. The van der Waals surface area contributed by atoms with Gasteiger partial charge in [-0.15, -0.1) is 0 Å². The molecule has 26 heavy (non-hydrogen) atoms. The molecule has 2 aromatic carbocycles. The fraction of sp³-hybridized carbons (Fsp3) is 0.364. The zero-order chi connectivity index (χ0) is 18.2. The summed E-state index contributed by atoms with van der Waals surface area (Å²) < 4.78 is 5.68. The van der Waals surface area contributed by atoms with Crippen molar-refractivity contribution in [3.63, 3.8) is 0 Å². The third-order valence-corrected chi connectivity index (χ3v) is 4.68. The molecule has 0 saturated heterocycles. The van der Waals surface area contributed by atoms with Crippen LogP contribution in [0.3, 0.4) is 0 Å². The molecular formula is C22H24N2O2. The van der Waals surface area contributed by atoms with Crippen LogP contribution in [0.25, 0.3) is 0 Å². The van der Waals surface area contributed by atoms with E-state index in [0.717, 1.165) is 44.3 Å². The van der Waals surface area contributed by atoms with E-state index in [4.69, 9.17) is 10.00 Å². The lowest BCUT2D eigenvalue weighted by Gasteiger charge is -2.23. The van der Waals surface area contributed by atoms with Gasteiger partial charge in [-0.2, -0.15) is 5.26 Å². The minimum Gasteiger partial charge on any atom is -0.494 e. The summed E-state index contributed by atoms with van der Waals surface area (Å²) in [7, 11) is 0. The van der Waals surface area contributed by atoms with Crippen molar-refractivity contribution in [3.8, 4) is 11.8 Å². The molecule has 134 valence electrons. The molecule has 0 radical (unpaired) electrons. The van der Waals surface area contributed by atoms with Gasteiger partial charge in [-0.05, 0) is 61.9 Å². The number of fused-ring (bicyclic) bond motifs is 1. The third-order valence-electron chi connectivity index (χ3n) is 4.68. The molecule has 0 spiro atoms. The molecular weight excluding hydrogens is 324 g/mol. The van der Waals surface area contributed by atoms with Crippen molar-refractivity contribution in [1.82, 2.24) is 0 Å². The van der Waals surface area contributed by atoms with Crippen molar-refractivity contribution >= 4 is 11.6 Å². The number of nitriles is 1. The molecule has 0 fully saturated rings.